The Labute approximate surface area is 468 Å². The molecule has 0 rings (SSSR count). The number of carbonyl (C=O) groups is 8. The molecule has 0 radical (unpaired) electrons. The molecule has 2 amide bonds. The van der Waals surface area contributed by atoms with Crippen LogP contribution >= 0.6 is 23.5 Å². The van der Waals surface area contributed by atoms with Gasteiger partial charge in [-0.3, -0.25) is 38.4 Å². The zero-order valence-electron chi connectivity index (χ0n) is 48.2. The molecule has 0 aromatic carbocycles. The highest BCUT2D eigenvalue weighted by molar-refractivity contribution is 7.99. The first-order chi connectivity index (χ1) is 35.6. The SMILES string of the molecule is C=CC(=O)CC[Si](C)(C)O[Si](C)(C)CCC(=O)CCSCC(OC(=O)CCC(=O)NC(C)COCCOC)C(CSCCC(=O)CC[Si](C)(C)O[Si](C)(C)CCC(=O)C=C)OC(=O)CCC(=O)NC(C)COCCOC. The summed E-state index contributed by atoms with van der Waals surface area (Å²) in [7, 11) is -5.66. The minimum Gasteiger partial charge on any atom is -0.457 e. The van der Waals surface area contributed by atoms with Crippen LogP contribution in [0.25, 0.3) is 0 Å². The first-order valence-corrected chi connectivity index (χ1v) is 41.3. The number of amides is 2. The van der Waals surface area contributed by atoms with E-state index in [2.05, 4.69) is 76.2 Å². The van der Waals surface area contributed by atoms with Gasteiger partial charge in [-0.25, -0.2) is 0 Å². The minimum atomic E-state index is -2.24. The lowest BCUT2D eigenvalue weighted by molar-refractivity contribution is -0.165. The predicted molar refractivity (Wildman–Crippen MR) is 313 cm³/mol. The lowest BCUT2D eigenvalue weighted by Crippen LogP contribution is -2.44. The number of ether oxygens (including phenoxy) is 6. The molecule has 0 fully saturated rings. The van der Waals surface area contributed by atoms with Crippen molar-refractivity contribution in [1.82, 2.24) is 10.6 Å². The summed E-state index contributed by atoms with van der Waals surface area (Å²) in [5.74, 6) is -0.997. The molecule has 0 heterocycles. The lowest BCUT2D eigenvalue weighted by atomic mass is 10.2. The van der Waals surface area contributed by atoms with E-state index < -0.39 is 57.4 Å². The van der Waals surface area contributed by atoms with Crippen LogP contribution in [0.4, 0.5) is 0 Å². The number of rotatable bonds is 49. The van der Waals surface area contributed by atoms with Crippen LogP contribution in [0.5, 0.6) is 0 Å². The third-order valence-electron chi connectivity index (χ3n) is 11.6. The van der Waals surface area contributed by atoms with E-state index in [-0.39, 0.29) is 110 Å². The third-order valence-corrected chi connectivity index (χ3v) is 28.4. The number of hydrogen-bond donors (Lipinski definition) is 2. The molecule has 438 valence electrons. The molecule has 4 atom stereocenters. The van der Waals surface area contributed by atoms with Crippen molar-refractivity contribution in [3.8, 4) is 0 Å². The first kappa shape index (κ1) is 73.4. The molecule has 76 heavy (non-hydrogen) atoms. The molecule has 0 saturated carbocycles. The van der Waals surface area contributed by atoms with Crippen LogP contribution in [0, 0.1) is 0 Å². The molecular formula is C52H96N2O16S2Si4. The fourth-order valence-electron chi connectivity index (χ4n) is 7.56. The van der Waals surface area contributed by atoms with E-state index in [1.165, 1.54) is 35.7 Å². The summed E-state index contributed by atoms with van der Waals surface area (Å²) in [4.78, 5) is 103. The van der Waals surface area contributed by atoms with Gasteiger partial charge in [0.05, 0.1) is 52.5 Å². The van der Waals surface area contributed by atoms with Crippen molar-refractivity contribution >= 4 is 104 Å². The van der Waals surface area contributed by atoms with Crippen molar-refractivity contribution < 1.29 is 75.0 Å². The van der Waals surface area contributed by atoms with Crippen molar-refractivity contribution in [2.24, 2.45) is 0 Å². The van der Waals surface area contributed by atoms with Crippen molar-refractivity contribution in [3.05, 3.63) is 25.3 Å². The highest BCUT2D eigenvalue weighted by atomic mass is 32.2. The summed E-state index contributed by atoms with van der Waals surface area (Å²) in [6.45, 7) is 29.4. The van der Waals surface area contributed by atoms with Crippen LogP contribution in [0.3, 0.4) is 0 Å². The Morgan fingerprint density at radius 3 is 1.12 bits per heavy atom. The molecule has 0 aliphatic heterocycles. The van der Waals surface area contributed by atoms with Gasteiger partial charge in [0.15, 0.2) is 44.8 Å². The second-order valence-corrected chi connectivity index (χ2v) is 41.5. The summed E-state index contributed by atoms with van der Waals surface area (Å²) in [6, 6.07) is 1.95. The molecule has 0 aliphatic carbocycles. The number of thioether (sulfide) groups is 2. The van der Waals surface area contributed by atoms with Gasteiger partial charge in [-0.2, -0.15) is 23.5 Å². The van der Waals surface area contributed by atoms with Crippen LogP contribution < -0.4 is 10.6 Å². The van der Waals surface area contributed by atoms with Crippen molar-refractivity contribution in [1.29, 1.82) is 0 Å². The molecule has 0 spiro atoms. The highest BCUT2D eigenvalue weighted by Crippen LogP contribution is 2.27. The van der Waals surface area contributed by atoms with Crippen molar-refractivity contribution in [2.45, 2.75) is 179 Å². The largest absolute Gasteiger partial charge is 0.457 e. The standard InChI is InChI=1S/C52H96N2O16S2Si4/c1-15-43(55)23-33-73(7,8)69-75(11,12)35-25-45(57)21-31-71-39-47(67-51(61)19-17-49(59)53-41(3)37-65-29-27-63-5)48(68-52(62)20-18-50(60)54-42(4)38-66-30-28-64-6)40-72-32-22-46(58)26-36-76(13,14)70-74(9,10)34-24-44(56)16-2/h15-16,41-42,47-48H,1-2,17-40H2,3-14H3,(H,53,59)(H,54,60). The van der Waals surface area contributed by atoms with Crippen LogP contribution in [0.2, 0.25) is 76.6 Å². The van der Waals surface area contributed by atoms with Gasteiger partial charge in [0, 0.05) is 101 Å². The number of hydrogen-bond acceptors (Lipinski definition) is 18. The average molecular weight is 1180 g/mol. The molecule has 0 saturated heterocycles. The Kier molecular flexibility index (Phi) is 39.1. The quantitative estimate of drug-likeness (QED) is 0.0254. The number of methoxy groups -OCH3 is 2. The van der Waals surface area contributed by atoms with Gasteiger partial charge in [0.1, 0.15) is 23.8 Å². The van der Waals surface area contributed by atoms with E-state index >= 15 is 0 Å². The zero-order valence-corrected chi connectivity index (χ0v) is 53.8. The monoisotopic (exact) mass is 1180 g/mol. The predicted octanol–water partition coefficient (Wildman–Crippen LogP) is 8.01. The Hall–Kier alpha value is -2.63. The van der Waals surface area contributed by atoms with E-state index in [4.69, 9.17) is 36.7 Å². The normalized spacial score (nSPS) is 13.7. The van der Waals surface area contributed by atoms with Gasteiger partial charge in [0.25, 0.3) is 0 Å². The fraction of sp³-hybridized carbons (Fsp3) is 0.769. The highest BCUT2D eigenvalue weighted by Gasteiger charge is 2.35. The molecule has 0 bridgehead atoms. The molecular weight excluding hydrogens is 1090 g/mol. The maximum atomic E-state index is 13.5. The van der Waals surface area contributed by atoms with Crippen LogP contribution in [-0.4, -0.2) is 181 Å². The molecule has 2 N–H and O–H groups in total. The van der Waals surface area contributed by atoms with E-state index in [0.29, 0.717) is 87.8 Å². The zero-order chi connectivity index (χ0) is 57.8. The van der Waals surface area contributed by atoms with Crippen molar-refractivity contribution in [3.63, 3.8) is 0 Å². The summed E-state index contributed by atoms with van der Waals surface area (Å²) in [5.41, 5.74) is 0. The smallest absolute Gasteiger partial charge is 0.306 e. The van der Waals surface area contributed by atoms with Crippen LogP contribution in [0.1, 0.15) is 78.1 Å². The number of esters is 2. The average Bonchev–Trinajstić information content (AvgIpc) is 3.33. The van der Waals surface area contributed by atoms with Crippen molar-refractivity contribution in [2.75, 3.05) is 76.9 Å². The minimum absolute atomic E-state index is 0.0135. The molecule has 4 unspecified atom stereocenters. The topological polar surface area (TPSA) is 234 Å². The molecule has 18 nitrogen and oxygen atoms in total. The number of allylic oxidation sites excluding steroid dienone is 2. The van der Waals surface area contributed by atoms with E-state index in [9.17, 15) is 38.4 Å². The Morgan fingerprint density at radius 2 is 0.803 bits per heavy atom. The fourth-order valence-corrected chi connectivity index (χ4v) is 26.7. The van der Waals surface area contributed by atoms with E-state index in [1.807, 2.05) is 0 Å². The summed E-state index contributed by atoms with van der Waals surface area (Å²) in [6.07, 6.45) is 1.72. The summed E-state index contributed by atoms with van der Waals surface area (Å²) < 4.78 is 46.3. The number of carbonyl (C=O) groups excluding carboxylic acids is 8. The molecule has 0 aromatic heterocycles. The van der Waals surface area contributed by atoms with Gasteiger partial charge in [-0.05, 0) is 103 Å². The van der Waals surface area contributed by atoms with E-state index in [0.717, 1.165) is 0 Å². The second kappa shape index (κ2) is 40.5. The Morgan fingerprint density at radius 1 is 0.474 bits per heavy atom. The summed E-state index contributed by atoms with van der Waals surface area (Å²) >= 11 is 2.73. The van der Waals surface area contributed by atoms with Gasteiger partial charge in [-0.1, -0.05) is 13.2 Å². The lowest BCUT2D eigenvalue weighted by Gasteiger charge is -2.34. The van der Waals surface area contributed by atoms with Gasteiger partial charge < -0.3 is 47.3 Å². The Bertz CT molecular complexity index is 1680. The third kappa shape index (κ3) is 40.5. The van der Waals surface area contributed by atoms with Crippen LogP contribution in [-0.2, 0) is 75.0 Å². The second-order valence-electron chi connectivity index (χ2n) is 21.4. The maximum absolute atomic E-state index is 13.5. The number of Topliss-reactive ketones (excluding diaryl/α,β-unsaturated/α-hetero) is 2. The first-order valence-electron chi connectivity index (χ1n) is 26.6. The molecule has 0 aliphatic rings. The Balaban J connectivity index is 6.20. The number of ketones is 4. The van der Waals surface area contributed by atoms with Gasteiger partial charge in [0.2, 0.25) is 11.8 Å². The summed E-state index contributed by atoms with van der Waals surface area (Å²) in [5, 5.41) is 5.62. The van der Waals surface area contributed by atoms with E-state index in [1.54, 1.807) is 28.1 Å². The molecule has 0 aromatic rings. The van der Waals surface area contributed by atoms with Gasteiger partial charge >= 0.3 is 11.9 Å². The number of nitrogens with one attached hydrogen (secondary N) is 2. The maximum Gasteiger partial charge on any atom is 0.306 e. The van der Waals surface area contributed by atoms with Crippen LogP contribution in [0.15, 0.2) is 25.3 Å². The molecule has 24 heteroatoms. The van der Waals surface area contributed by atoms with Gasteiger partial charge in [-0.15, -0.1) is 0 Å².